The maximum atomic E-state index is 9.02. The number of nitriles is 2. The van der Waals surface area contributed by atoms with Crippen molar-refractivity contribution in [2.24, 2.45) is 0 Å². The highest BCUT2D eigenvalue weighted by atomic mass is 32.1. The fourth-order valence-corrected chi connectivity index (χ4v) is 2.31. The number of pyridine rings is 1. The molecule has 3 N–H and O–H groups in total. The summed E-state index contributed by atoms with van der Waals surface area (Å²) in [4.78, 5) is 4.29. The summed E-state index contributed by atoms with van der Waals surface area (Å²) in [7, 11) is 0. The minimum absolute atomic E-state index is 0.252. The van der Waals surface area contributed by atoms with Gasteiger partial charge in [0.05, 0.1) is 5.69 Å². The Balaban J connectivity index is 2.21. The number of nitrogens with two attached hydrogens (primary N) is 1. The van der Waals surface area contributed by atoms with Crippen molar-refractivity contribution in [3.63, 3.8) is 0 Å². The van der Waals surface area contributed by atoms with Gasteiger partial charge < -0.3 is 11.1 Å². The molecule has 88 valence electrons. The second kappa shape index (κ2) is 5.17. The van der Waals surface area contributed by atoms with Crippen LogP contribution in [0.2, 0.25) is 0 Å². The van der Waals surface area contributed by atoms with Crippen LogP contribution in [0.25, 0.3) is 0 Å². The Kier molecular flexibility index (Phi) is 3.42. The van der Waals surface area contributed by atoms with E-state index < -0.39 is 0 Å². The third-order valence-corrected chi connectivity index (χ3v) is 3.43. The summed E-state index contributed by atoms with van der Waals surface area (Å²) >= 11 is 1.19. The van der Waals surface area contributed by atoms with Crippen molar-refractivity contribution in [3.05, 3.63) is 40.5 Å². The monoisotopic (exact) mass is 255 g/mol. The average Bonchev–Trinajstić information content (AvgIpc) is 2.73. The predicted molar refractivity (Wildman–Crippen MR) is 69.7 cm³/mol. The number of nitrogens with zero attached hydrogens (tertiary/aromatic N) is 3. The van der Waals surface area contributed by atoms with Crippen LogP contribution < -0.4 is 11.1 Å². The lowest BCUT2D eigenvalue weighted by atomic mass is 10.2. The first-order valence-electron chi connectivity index (χ1n) is 5.11. The minimum Gasteiger partial charge on any atom is -0.396 e. The zero-order chi connectivity index (χ0) is 13.0. The van der Waals surface area contributed by atoms with Crippen LogP contribution in [0.5, 0.6) is 0 Å². The first-order valence-corrected chi connectivity index (χ1v) is 5.93. The van der Waals surface area contributed by atoms with Crippen molar-refractivity contribution in [2.45, 2.75) is 6.54 Å². The molecule has 0 radical (unpaired) electrons. The molecule has 0 amide bonds. The maximum Gasteiger partial charge on any atom is 0.131 e. The minimum atomic E-state index is 0.252. The first-order chi connectivity index (χ1) is 8.76. The second-order valence-electron chi connectivity index (χ2n) is 3.48. The Morgan fingerprint density at radius 3 is 2.61 bits per heavy atom. The Hall–Kier alpha value is -2.57. The highest BCUT2D eigenvalue weighted by Gasteiger charge is 2.15. The summed E-state index contributed by atoms with van der Waals surface area (Å²) in [6.45, 7) is 0.558. The van der Waals surface area contributed by atoms with Crippen molar-refractivity contribution in [1.82, 2.24) is 4.98 Å². The lowest BCUT2D eigenvalue weighted by Gasteiger charge is -2.03. The summed E-state index contributed by atoms with van der Waals surface area (Å²) in [6.07, 6.45) is 3.40. The highest BCUT2D eigenvalue weighted by molar-refractivity contribution is 7.17. The molecule has 0 saturated heterocycles. The lowest BCUT2D eigenvalue weighted by molar-refractivity contribution is 1.13. The van der Waals surface area contributed by atoms with Crippen LogP contribution in [0.4, 0.5) is 10.7 Å². The second-order valence-corrected chi connectivity index (χ2v) is 4.50. The molecule has 0 aromatic carbocycles. The molecule has 0 fully saturated rings. The Morgan fingerprint density at radius 2 is 2.00 bits per heavy atom. The average molecular weight is 255 g/mol. The molecule has 0 spiro atoms. The predicted octanol–water partition coefficient (Wildman–Crippen LogP) is 2.08. The van der Waals surface area contributed by atoms with Gasteiger partial charge in [-0.25, -0.2) is 0 Å². The summed E-state index contributed by atoms with van der Waals surface area (Å²) in [5.41, 5.74) is 7.34. The van der Waals surface area contributed by atoms with Crippen LogP contribution in [0, 0.1) is 22.7 Å². The molecule has 6 heteroatoms. The largest absolute Gasteiger partial charge is 0.396 e. The van der Waals surface area contributed by atoms with Crippen LogP contribution in [0.15, 0.2) is 24.5 Å². The molecule has 2 rings (SSSR count). The zero-order valence-corrected chi connectivity index (χ0v) is 10.2. The van der Waals surface area contributed by atoms with E-state index in [0.717, 1.165) is 5.56 Å². The molecule has 2 aromatic rings. The van der Waals surface area contributed by atoms with Gasteiger partial charge in [-0.1, -0.05) is 0 Å². The van der Waals surface area contributed by atoms with E-state index in [-0.39, 0.29) is 5.69 Å². The molecular formula is C12H9N5S. The van der Waals surface area contributed by atoms with E-state index in [4.69, 9.17) is 16.3 Å². The molecule has 2 aromatic heterocycles. The summed E-state index contributed by atoms with van der Waals surface area (Å²) < 4.78 is 0. The molecule has 18 heavy (non-hydrogen) atoms. The van der Waals surface area contributed by atoms with Crippen molar-refractivity contribution >= 4 is 22.0 Å². The standard InChI is InChI=1S/C12H9N5S/c13-5-9-11(15)10(6-14)18-12(9)17-7-8-1-3-16-4-2-8/h1-4,17H,7,15H2. The van der Waals surface area contributed by atoms with Gasteiger partial charge in [0, 0.05) is 18.9 Å². The van der Waals surface area contributed by atoms with Crippen molar-refractivity contribution < 1.29 is 0 Å². The molecular weight excluding hydrogens is 246 g/mol. The Bertz CT molecular complexity index is 633. The molecule has 0 saturated carbocycles. The van der Waals surface area contributed by atoms with E-state index in [1.807, 2.05) is 24.3 Å². The van der Waals surface area contributed by atoms with Crippen LogP contribution in [0.1, 0.15) is 16.0 Å². The van der Waals surface area contributed by atoms with E-state index in [2.05, 4.69) is 10.3 Å². The first kappa shape index (κ1) is 11.9. The number of nitrogen functional groups attached to an aromatic ring is 1. The number of rotatable bonds is 3. The third-order valence-electron chi connectivity index (χ3n) is 2.36. The van der Waals surface area contributed by atoms with Crippen molar-refractivity contribution in [1.29, 1.82) is 10.5 Å². The van der Waals surface area contributed by atoms with E-state index in [1.165, 1.54) is 11.3 Å². The quantitative estimate of drug-likeness (QED) is 0.874. The van der Waals surface area contributed by atoms with Crippen LogP contribution in [0.3, 0.4) is 0 Å². The Morgan fingerprint density at radius 1 is 1.28 bits per heavy atom. The molecule has 0 atom stereocenters. The third kappa shape index (κ3) is 2.24. The SMILES string of the molecule is N#Cc1sc(NCc2ccncc2)c(C#N)c1N. The van der Waals surface area contributed by atoms with Crippen LogP contribution >= 0.6 is 11.3 Å². The molecule has 5 nitrogen and oxygen atoms in total. The summed E-state index contributed by atoms with van der Waals surface area (Å²) in [5, 5.41) is 21.6. The summed E-state index contributed by atoms with van der Waals surface area (Å²) in [6, 6.07) is 7.75. The van der Waals surface area contributed by atoms with Gasteiger partial charge in [-0.05, 0) is 17.7 Å². The number of hydrogen-bond acceptors (Lipinski definition) is 6. The molecule has 0 aliphatic heterocycles. The smallest absolute Gasteiger partial charge is 0.131 e. The fraction of sp³-hybridized carbons (Fsp3) is 0.0833. The number of aromatic nitrogens is 1. The maximum absolute atomic E-state index is 9.02. The zero-order valence-electron chi connectivity index (χ0n) is 9.34. The molecule has 0 aliphatic carbocycles. The topological polar surface area (TPSA) is 98.5 Å². The fourth-order valence-electron chi connectivity index (χ4n) is 1.45. The van der Waals surface area contributed by atoms with Gasteiger partial charge >= 0.3 is 0 Å². The Labute approximate surface area is 108 Å². The molecule has 0 aliphatic rings. The van der Waals surface area contributed by atoms with Gasteiger partial charge in [0.15, 0.2) is 0 Å². The lowest BCUT2D eigenvalue weighted by Crippen LogP contribution is -1.99. The number of anilines is 2. The van der Waals surface area contributed by atoms with Gasteiger partial charge in [0.1, 0.15) is 27.6 Å². The van der Waals surface area contributed by atoms with Crippen LogP contribution in [-0.4, -0.2) is 4.98 Å². The van der Waals surface area contributed by atoms with Crippen molar-refractivity contribution in [3.8, 4) is 12.1 Å². The van der Waals surface area contributed by atoms with Gasteiger partial charge in [0.2, 0.25) is 0 Å². The van der Waals surface area contributed by atoms with Crippen LogP contribution in [-0.2, 0) is 6.54 Å². The highest BCUT2D eigenvalue weighted by Crippen LogP contribution is 2.34. The molecule has 0 bridgehead atoms. The number of nitrogens with one attached hydrogen (secondary N) is 1. The van der Waals surface area contributed by atoms with E-state index in [9.17, 15) is 0 Å². The molecule has 0 unspecified atom stereocenters. The van der Waals surface area contributed by atoms with Crippen molar-refractivity contribution in [2.75, 3.05) is 11.1 Å². The van der Waals surface area contributed by atoms with E-state index in [0.29, 0.717) is 22.0 Å². The van der Waals surface area contributed by atoms with Gasteiger partial charge in [-0.3, -0.25) is 4.98 Å². The molecule has 2 heterocycles. The normalized spacial score (nSPS) is 9.44. The van der Waals surface area contributed by atoms with Gasteiger partial charge in [-0.2, -0.15) is 10.5 Å². The summed E-state index contributed by atoms with van der Waals surface area (Å²) in [5.74, 6) is 0. The number of hydrogen-bond donors (Lipinski definition) is 2. The van der Waals surface area contributed by atoms with Gasteiger partial charge in [0.25, 0.3) is 0 Å². The van der Waals surface area contributed by atoms with Gasteiger partial charge in [-0.15, -0.1) is 11.3 Å². The number of thiophene rings is 1. The van der Waals surface area contributed by atoms with E-state index in [1.54, 1.807) is 12.4 Å². The van der Waals surface area contributed by atoms with E-state index >= 15 is 0 Å².